The minimum Gasteiger partial charge on any atom is -0.298 e. The van der Waals surface area contributed by atoms with Crippen LogP contribution in [0, 0.1) is 5.82 Å². The first-order chi connectivity index (χ1) is 11.8. The van der Waals surface area contributed by atoms with Gasteiger partial charge >= 0.3 is 0 Å². The molecule has 0 atom stereocenters. The molecule has 2 aromatic heterocycles. The number of amides is 1. The van der Waals surface area contributed by atoms with Gasteiger partial charge in [0.2, 0.25) is 0 Å². The molecule has 1 N–H and O–H groups in total. The Hall–Kier alpha value is -2.32. The lowest BCUT2D eigenvalue weighted by Gasteiger charge is -2.16. The van der Waals surface area contributed by atoms with Crippen LogP contribution in [0.3, 0.4) is 0 Å². The zero-order chi connectivity index (χ0) is 18.2. The third-order valence-electron chi connectivity index (χ3n) is 3.34. The highest BCUT2D eigenvalue weighted by molar-refractivity contribution is 7.18. The molecule has 0 fully saturated rings. The summed E-state index contributed by atoms with van der Waals surface area (Å²) in [6.45, 7) is 6.02. The van der Waals surface area contributed by atoms with Crippen LogP contribution in [0.5, 0.6) is 0 Å². The number of carbonyl (C=O) groups is 1. The van der Waals surface area contributed by atoms with Crippen LogP contribution in [0.2, 0.25) is 5.02 Å². The Balaban J connectivity index is 1.94. The highest BCUT2D eigenvalue weighted by Crippen LogP contribution is 2.34. The zero-order valence-electron chi connectivity index (χ0n) is 13.7. The van der Waals surface area contributed by atoms with Gasteiger partial charge in [0.1, 0.15) is 23.5 Å². The number of halogens is 2. The Morgan fingerprint density at radius 3 is 2.72 bits per heavy atom. The molecule has 0 aliphatic heterocycles. The van der Waals surface area contributed by atoms with E-state index in [1.807, 2.05) is 20.8 Å². The maximum Gasteiger partial charge on any atom is 0.260 e. The molecular weight excluding hydrogens is 365 g/mol. The van der Waals surface area contributed by atoms with Crippen LogP contribution in [0.1, 0.15) is 36.8 Å². The van der Waals surface area contributed by atoms with E-state index in [4.69, 9.17) is 11.6 Å². The summed E-state index contributed by atoms with van der Waals surface area (Å²) in [4.78, 5) is 20.8. The molecule has 0 radical (unpaired) electrons. The Morgan fingerprint density at radius 2 is 2.12 bits per heavy atom. The lowest BCUT2D eigenvalue weighted by Crippen LogP contribution is -2.16. The Labute approximate surface area is 152 Å². The first kappa shape index (κ1) is 17.5. The quantitative estimate of drug-likeness (QED) is 0.744. The summed E-state index contributed by atoms with van der Waals surface area (Å²) in [7, 11) is 0. The second kappa shape index (κ2) is 6.53. The van der Waals surface area contributed by atoms with Gasteiger partial charge in [-0.25, -0.2) is 19.0 Å². The number of rotatable bonds is 3. The molecule has 6 nitrogen and oxygen atoms in total. The van der Waals surface area contributed by atoms with Crippen molar-refractivity contribution in [1.82, 2.24) is 19.7 Å². The van der Waals surface area contributed by atoms with Crippen molar-refractivity contribution in [3.63, 3.8) is 0 Å². The first-order valence-electron chi connectivity index (χ1n) is 7.38. The number of hydrogen-bond donors (Lipinski definition) is 1. The summed E-state index contributed by atoms with van der Waals surface area (Å²) in [6, 6.07) is 3.90. The number of anilines is 1. The van der Waals surface area contributed by atoms with Crippen molar-refractivity contribution >= 4 is 34.0 Å². The molecule has 0 aliphatic carbocycles. The van der Waals surface area contributed by atoms with Crippen LogP contribution < -0.4 is 5.32 Å². The Kier molecular flexibility index (Phi) is 4.57. The van der Waals surface area contributed by atoms with Gasteiger partial charge in [0.15, 0.2) is 5.13 Å². The van der Waals surface area contributed by atoms with Crippen molar-refractivity contribution in [2.24, 2.45) is 0 Å². The molecule has 1 amide bonds. The van der Waals surface area contributed by atoms with E-state index in [0.29, 0.717) is 5.13 Å². The van der Waals surface area contributed by atoms with E-state index in [9.17, 15) is 9.18 Å². The van der Waals surface area contributed by atoms with Crippen LogP contribution in [0.25, 0.3) is 5.00 Å². The molecule has 130 valence electrons. The zero-order valence-corrected chi connectivity index (χ0v) is 15.3. The monoisotopic (exact) mass is 379 g/mol. The van der Waals surface area contributed by atoms with E-state index in [0.717, 1.165) is 16.8 Å². The average molecular weight is 380 g/mol. The summed E-state index contributed by atoms with van der Waals surface area (Å²) < 4.78 is 15.5. The van der Waals surface area contributed by atoms with Crippen LogP contribution in [0.15, 0.2) is 30.9 Å². The van der Waals surface area contributed by atoms with Gasteiger partial charge in [-0.2, -0.15) is 5.10 Å². The molecule has 0 saturated carbocycles. The molecule has 0 bridgehead atoms. The lowest BCUT2D eigenvalue weighted by atomic mass is 9.92. The van der Waals surface area contributed by atoms with Crippen molar-refractivity contribution < 1.29 is 9.18 Å². The van der Waals surface area contributed by atoms with Gasteiger partial charge in [-0.05, 0) is 18.2 Å². The minimum absolute atomic E-state index is 0.0979. The number of nitrogens with one attached hydrogen (secondary N) is 1. The van der Waals surface area contributed by atoms with E-state index in [-0.39, 0.29) is 16.0 Å². The summed E-state index contributed by atoms with van der Waals surface area (Å²) in [5.41, 5.74) is 0.390. The molecule has 0 spiro atoms. The summed E-state index contributed by atoms with van der Waals surface area (Å²) in [5.74, 6) is -1.28. The fraction of sp³-hybridized carbons (Fsp3) is 0.250. The third kappa shape index (κ3) is 3.69. The number of hydrogen-bond acceptors (Lipinski definition) is 5. The fourth-order valence-electron chi connectivity index (χ4n) is 2.16. The highest BCUT2D eigenvalue weighted by atomic mass is 35.5. The van der Waals surface area contributed by atoms with Crippen LogP contribution >= 0.6 is 22.9 Å². The number of carbonyl (C=O) groups excluding carboxylic acids is 1. The Bertz CT molecular complexity index is 917. The number of benzene rings is 1. The standard InChI is InChI=1S/C16H15ClFN5OS/c1-16(2,3)12-14(23-8-19-7-20-23)25-15(21-12)22-13(24)10-5-4-9(17)6-11(10)18/h4-8H,1-3H3,(H,21,22,24). The predicted octanol–water partition coefficient (Wildman–Crippen LogP) is 4.07. The van der Waals surface area contributed by atoms with Crippen LogP contribution in [0.4, 0.5) is 9.52 Å². The van der Waals surface area contributed by atoms with Crippen molar-refractivity contribution in [2.75, 3.05) is 5.32 Å². The molecule has 25 heavy (non-hydrogen) atoms. The maximum absolute atomic E-state index is 13.9. The Morgan fingerprint density at radius 1 is 1.36 bits per heavy atom. The van der Waals surface area contributed by atoms with Crippen LogP contribution in [-0.4, -0.2) is 25.7 Å². The summed E-state index contributed by atoms with van der Waals surface area (Å²) in [6.07, 6.45) is 2.99. The third-order valence-corrected chi connectivity index (χ3v) is 4.54. The van der Waals surface area contributed by atoms with E-state index >= 15 is 0 Å². The van der Waals surface area contributed by atoms with Gasteiger partial charge in [0, 0.05) is 10.4 Å². The van der Waals surface area contributed by atoms with Crippen molar-refractivity contribution in [2.45, 2.75) is 26.2 Å². The van der Waals surface area contributed by atoms with Crippen LogP contribution in [-0.2, 0) is 5.41 Å². The molecule has 0 aliphatic rings. The van der Waals surface area contributed by atoms with Crippen molar-refractivity contribution in [3.8, 4) is 5.00 Å². The second-order valence-electron chi connectivity index (χ2n) is 6.34. The van der Waals surface area contributed by atoms with E-state index in [1.165, 1.54) is 29.8 Å². The maximum atomic E-state index is 13.9. The summed E-state index contributed by atoms with van der Waals surface area (Å²) in [5, 5.41) is 8.09. The van der Waals surface area contributed by atoms with Gasteiger partial charge < -0.3 is 0 Å². The van der Waals surface area contributed by atoms with Gasteiger partial charge in [-0.15, -0.1) is 0 Å². The first-order valence-corrected chi connectivity index (χ1v) is 8.58. The number of aromatic nitrogens is 4. The van der Waals surface area contributed by atoms with Crippen molar-refractivity contribution in [3.05, 3.63) is 53.0 Å². The van der Waals surface area contributed by atoms with Gasteiger partial charge in [-0.1, -0.05) is 43.7 Å². The molecule has 0 unspecified atom stereocenters. The largest absolute Gasteiger partial charge is 0.298 e. The summed E-state index contributed by atoms with van der Waals surface area (Å²) >= 11 is 6.96. The number of thiazole rings is 1. The predicted molar refractivity (Wildman–Crippen MR) is 95.1 cm³/mol. The van der Waals surface area contributed by atoms with E-state index in [2.05, 4.69) is 20.4 Å². The van der Waals surface area contributed by atoms with Gasteiger partial charge in [0.05, 0.1) is 11.3 Å². The molecule has 3 rings (SSSR count). The topological polar surface area (TPSA) is 72.7 Å². The number of nitrogens with zero attached hydrogens (tertiary/aromatic N) is 4. The van der Waals surface area contributed by atoms with E-state index in [1.54, 1.807) is 11.0 Å². The normalized spacial score (nSPS) is 11.6. The molecule has 1 aromatic carbocycles. The van der Waals surface area contributed by atoms with Crippen molar-refractivity contribution in [1.29, 1.82) is 0 Å². The average Bonchev–Trinajstić information content (AvgIpc) is 3.14. The SMILES string of the molecule is CC(C)(C)c1nc(NC(=O)c2ccc(Cl)cc2F)sc1-n1cncn1. The molecular formula is C16H15ClFN5OS. The molecule has 0 saturated heterocycles. The molecule has 9 heteroatoms. The smallest absolute Gasteiger partial charge is 0.260 e. The lowest BCUT2D eigenvalue weighted by molar-refractivity contribution is 0.102. The fourth-order valence-corrected chi connectivity index (χ4v) is 3.42. The van der Waals surface area contributed by atoms with Gasteiger partial charge in [0.25, 0.3) is 5.91 Å². The molecule has 3 aromatic rings. The second-order valence-corrected chi connectivity index (χ2v) is 7.76. The van der Waals surface area contributed by atoms with E-state index < -0.39 is 11.7 Å². The van der Waals surface area contributed by atoms with Gasteiger partial charge in [-0.3, -0.25) is 10.1 Å². The highest BCUT2D eigenvalue weighted by Gasteiger charge is 2.26. The minimum atomic E-state index is -0.686. The molecule has 2 heterocycles.